The van der Waals surface area contributed by atoms with Gasteiger partial charge in [-0.1, -0.05) is 37.3 Å². The Morgan fingerprint density at radius 3 is 2.33 bits per heavy atom. The molecule has 0 saturated heterocycles. The van der Waals surface area contributed by atoms with Crippen LogP contribution in [0.3, 0.4) is 0 Å². The Morgan fingerprint density at radius 2 is 1.78 bits per heavy atom. The Morgan fingerprint density at radius 1 is 1.17 bits per heavy atom. The van der Waals surface area contributed by atoms with E-state index in [0.29, 0.717) is 0 Å². The molecule has 4 heteroatoms. The molecule has 0 saturated carbocycles. The van der Waals surface area contributed by atoms with Crippen LogP contribution in [0.5, 0.6) is 0 Å². The SMILES string of the molecule is C[C@H](CC(=O)O)CC(=O)N[C@@H](C)c1ccccc1. The minimum Gasteiger partial charge on any atom is -0.481 e. The van der Waals surface area contributed by atoms with Gasteiger partial charge in [-0.3, -0.25) is 9.59 Å². The van der Waals surface area contributed by atoms with Gasteiger partial charge in [0.15, 0.2) is 0 Å². The highest BCUT2D eigenvalue weighted by Crippen LogP contribution is 2.13. The van der Waals surface area contributed by atoms with Gasteiger partial charge in [0.1, 0.15) is 0 Å². The monoisotopic (exact) mass is 249 g/mol. The molecule has 0 spiro atoms. The number of benzene rings is 1. The first-order chi connectivity index (χ1) is 8.49. The van der Waals surface area contributed by atoms with Crippen LogP contribution in [-0.2, 0) is 9.59 Å². The molecule has 1 aromatic rings. The minimum absolute atomic E-state index is 0.0210. The largest absolute Gasteiger partial charge is 0.481 e. The van der Waals surface area contributed by atoms with Crippen LogP contribution in [-0.4, -0.2) is 17.0 Å². The van der Waals surface area contributed by atoms with Crippen LogP contribution in [0, 0.1) is 5.92 Å². The highest BCUT2D eigenvalue weighted by molar-refractivity contribution is 5.77. The number of nitrogens with one attached hydrogen (secondary N) is 1. The number of hydrogen-bond acceptors (Lipinski definition) is 2. The summed E-state index contributed by atoms with van der Waals surface area (Å²) in [5, 5.41) is 11.5. The van der Waals surface area contributed by atoms with Crippen LogP contribution in [0.25, 0.3) is 0 Å². The lowest BCUT2D eigenvalue weighted by atomic mass is 10.0. The fourth-order valence-electron chi connectivity index (χ4n) is 1.81. The number of aliphatic carboxylic acids is 1. The third-order valence-electron chi connectivity index (χ3n) is 2.73. The van der Waals surface area contributed by atoms with Crippen molar-refractivity contribution in [3.05, 3.63) is 35.9 Å². The van der Waals surface area contributed by atoms with Gasteiger partial charge < -0.3 is 10.4 Å². The number of carbonyl (C=O) groups excluding carboxylic acids is 1. The van der Waals surface area contributed by atoms with Gasteiger partial charge in [0.05, 0.1) is 6.04 Å². The van der Waals surface area contributed by atoms with Gasteiger partial charge in [-0.15, -0.1) is 0 Å². The van der Waals surface area contributed by atoms with Crippen molar-refractivity contribution in [3.8, 4) is 0 Å². The molecular weight excluding hydrogens is 230 g/mol. The molecule has 0 unspecified atom stereocenters. The van der Waals surface area contributed by atoms with Crippen molar-refractivity contribution in [2.75, 3.05) is 0 Å². The van der Waals surface area contributed by atoms with Crippen molar-refractivity contribution < 1.29 is 14.7 Å². The summed E-state index contributed by atoms with van der Waals surface area (Å²) in [6, 6.07) is 9.61. The maximum atomic E-state index is 11.7. The Balaban J connectivity index is 2.43. The Hall–Kier alpha value is -1.84. The van der Waals surface area contributed by atoms with Gasteiger partial charge in [-0.05, 0) is 18.4 Å². The van der Waals surface area contributed by atoms with Crippen LogP contribution in [0.2, 0.25) is 0 Å². The van der Waals surface area contributed by atoms with Gasteiger partial charge in [-0.2, -0.15) is 0 Å². The molecule has 0 fully saturated rings. The molecular formula is C14H19NO3. The second-order valence-electron chi connectivity index (χ2n) is 4.61. The fourth-order valence-corrected chi connectivity index (χ4v) is 1.81. The number of hydrogen-bond donors (Lipinski definition) is 2. The highest BCUT2D eigenvalue weighted by Gasteiger charge is 2.14. The third-order valence-corrected chi connectivity index (χ3v) is 2.73. The molecule has 0 aliphatic rings. The fraction of sp³-hybridized carbons (Fsp3) is 0.429. The average molecular weight is 249 g/mol. The van der Waals surface area contributed by atoms with Gasteiger partial charge >= 0.3 is 5.97 Å². The Bertz CT molecular complexity index is 403. The lowest BCUT2D eigenvalue weighted by Gasteiger charge is -2.15. The number of carboxylic acid groups (broad SMARTS) is 1. The number of carbonyl (C=O) groups is 2. The maximum absolute atomic E-state index is 11.7. The van der Waals surface area contributed by atoms with Crippen molar-refractivity contribution in [2.24, 2.45) is 5.92 Å². The van der Waals surface area contributed by atoms with Crippen molar-refractivity contribution in [3.63, 3.8) is 0 Å². The summed E-state index contributed by atoms with van der Waals surface area (Å²) >= 11 is 0. The third kappa shape index (κ3) is 4.99. The molecule has 2 atom stereocenters. The molecule has 1 amide bonds. The maximum Gasteiger partial charge on any atom is 0.303 e. The number of carboxylic acids is 1. The van der Waals surface area contributed by atoms with E-state index in [-0.39, 0.29) is 30.7 Å². The minimum atomic E-state index is -0.869. The molecule has 0 bridgehead atoms. The molecule has 2 N–H and O–H groups in total. The molecule has 0 aromatic heterocycles. The summed E-state index contributed by atoms with van der Waals surface area (Å²) in [4.78, 5) is 22.2. The first-order valence-corrected chi connectivity index (χ1v) is 6.05. The van der Waals surface area contributed by atoms with E-state index in [1.807, 2.05) is 37.3 Å². The molecule has 0 aliphatic heterocycles. The van der Waals surface area contributed by atoms with E-state index in [9.17, 15) is 9.59 Å². The van der Waals surface area contributed by atoms with E-state index in [1.165, 1.54) is 0 Å². The number of rotatable bonds is 6. The van der Waals surface area contributed by atoms with Crippen LogP contribution in [0.4, 0.5) is 0 Å². The highest BCUT2D eigenvalue weighted by atomic mass is 16.4. The van der Waals surface area contributed by atoms with E-state index in [4.69, 9.17) is 5.11 Å². The van der Waals surface area contributed by atoms with Gasteiger partial charge in [0.2, 0.25) is 5.91 Å². The van der Waals surface area contributed by atoms with E-state index in [2.05, 4.69) is 5.32 Å². The average Bonchev–Trinajstić information content (AvgIpc) is 2.28. The lowest BCUT2D eigenvalue weighted by molar-refractivity contribution is -0.138. The summed E-state index contributed by atoms with van der Waals surface area (Å²) in [6.45, 7) is 3.68. The molecule has 0 radical (unpaired) electrons. The molecule has 0 aliphatic carbocycles. The van der Waals surface area contributed by atoms with Crippen molar-refractivity contribution in [2.45, 2.75) is 32.7 Å². The molecule has 0 heterocycles. The standard InChI is InChI=1S/C14H19NO3/c1-10(9-14(17)18)8-13(16)15-11(2)12-6-4-3-5-7-12/h3-7,10-11H,8-9H2,1-2H3,(H,15,16)(H,17,18)/t10-,11-/m0/s1. The topological polar surface area (TPSA) is 66.4 Å². The first-order valence-electron chi connectivity index (χ1n) is 6.05. The number of amides is 1. The molecule has 98 valence electrons. The zero-order valence-corrected chi connectivity index (χ0v) is 10.7. The molecule has 1 aromatic carbocycles. The van der Waals surface area contributed by atoms with E-state index >= 15 is 0 Å². The quantitative estimate of drug-likeness (QED) is 0.813. The van der Waals surface area contributed by atoms with Crippen molar-refractivity contribution >= 4 is 11.9 Å². The first kappa shape index (κ1) is 14.2. The predicted molar refractivity (Wildman–Crippen MR) is 69.0 cm³/mol. The molecule has 18 heavy (non-hydrogen) atoms. The summed E-state index contributed by atoms with van der Waals surface area (Å²) in [5.74, 6) is -1.13. The van der Waals surface area contributed by atoms with Gasteiger partial charge in [0.25, 0.3) is 0 Å². The smallest absolute Gasteiger partial charge is 0.303 e. The van der Waals surface area contributed by atoms with E-state index in [0.717, 1.165) is 5.56 Å². The van der Waals surface area contributed by atoms with Gasteiger partial charge in [0, 0.05) is 12.8 Å². The normalized spacial score (nSPS) is 13.7. The van der Waals surface area contributed by atoms with Crippen LogP contribution in [0.1, 0.15) is 38.3 Å². The zero-order chi connectivity index (χ0) is 13.5. The second kappa shape index (κ2) is 6.79. The zero-order valence-electron chi connectivity index (χ0n) is 10.7. The van der Waals surface area contributed by atoms with E-state index in [1.54, 1.807) is 6.92 Å². The summed E-state index contributed by atoms with van der Waals surface area (Å²) < 4.78 is 0. The van der Waals surface area contributed by atoms with Crippen LogP contribution < -0.4 is 5.32 Å². The van der Waals surface area contributed by atoms with Crippen molar-refractivity contribution in [1.82, 2.24) is 5.32 Å². The van der Waals surface area contributed by atoms with E-state index < -0.39 is 5.97 Å². The summed E-state index contributed by atoms with van der Waals surface area (Å²) in [7, 11) is 0. The Labute approximate surface area is 107 Å². The molecule has 1 rings (SSSR count). The predicted octanol–water partition coefficient (Wildman–Crippen LogP) is 2.36. The van der Waals surface area contributed by atoms with Crippen LogP contribution >= 0.6 is 0 Å². The van der Waals surface area contributed by atoms with Gasteiger partial charge in [-0.25, -0.2) is 0 Å². The van der Waals surface area contributed by atoms with Crippen LogP contribution in [0.15, 0.2) is 30.3 Å². The Kier molecular flexibility index (Phi) is 5.36. The lowest BCUT2D eigenvalue weighted by Crippen LogP contribution is -2.28. The second-order valence-corrected chi connectivity index (χ2v) is 4.61. The summed E-state index contributed by atoms with van der Waals surface area (Å²) in [6.07, 6.45) is 0.261. The van der Waals surface area contributed by atoms with Crippen molar-refractivity contribution in [1.29, 1.82) is 0 Å². The summed E-state index contributed by atoms with van der Waals surface area (Å²) in [5.41, 5.74) is 1.04. The molecule has 4 nitrogen and oxygen atoms in total.